The molecule has 0 saturated heterocycles. The van der Waals surface area contributed by atoms with Gasteiger partial charge in [0.05, 0.1) is 12.2 Å². The molecule has 1 heterocycles. The van der Waals surface area contributed by atoms with Crippen LogP contribution in [-0.4, -0.2) is 81.4 Å². The lowest BCUT2D eigenvalue weighted by Crippen LogP contribution is -2.54. The lowest BCUT2D eigenvalue weighted by atomic mass is 9.45. The van der Waals surface area contributed by atoms with Gasteiger partial charge in [0.25, 0.3) is 0 Å². The molecule has 1 aliphatic heterocycles. The second-order valence-corrected chi connectivity index (χ2v) is 15.5. The maximum absolute atomic E-state index is 13.0. The average molecular weight is 622 g/mol. The van der Waals surface area contributed by atoms with Crippen molar-refractivity contribution in [2.24, 2.45) is 34.5 Å². The first-order valence-electron chi connectivity index (χ1n) is 17.5. The Morgan fingerprint density at radius 3 is 2.67 bits per heavy atom. The molecular weight excluding hydrogens is 566 g/mol. The van der Waals surface area contributed by atoms with E-state index in [2.05, 4.69) is 29.4 Å². The Bertz CT molecular complexity index is 1280. The number of aldehydes is 1. The van der Waals surface area contributed by atoms with Crippen LogP contribution in [-0.2, 0) is 14.3 Å². The van der Waals surface area contributed by atoms with Crippen LogP contribution in [0.1, 0.15) is 83.6 Å². The molecule has 5 aliphatic rings. The Morgan fingerprint density at radius 2 is 1.87 bits per heavy atom. The molecule has 0 spiro atoms. The van der Waals surface area contributed by atoms with Crippen LogP contribution in [0.3, 0.4) is 0 Å². The van der Waals surface area contributed by atoms with E-state index >= 15 is 0 Å². The molecule has 1 aromatic carbocycles. The molecule has 8 nitrogen and oxygen atoms in total. The lowest BCUT2D eigenvalue weighted by Gasteiger charge is -2.60. The topological polar surface area (TPSA) is 100 Å². The molecule has 0 bridgehead atoms. The van der Waals surface area contributed by atoms with Crippen LogP contribution in [0.15, 0.2) is 23.8 Å². The van der Waals surface area contributed by atoms with Crippen LogP contribution in [0.2, 0.25) is 0 Å². The predicted molar refractivity (Wildman–Crippen MR) is 177 cm³/mol. The molecule has 1 aromatic rings. The van der Waals surface area contributed by atoms with Gasteiger partial charge in [-0.15, -0.1) is 0 Å². The standard InChI is InChI=1S/C37H55N3O5/c1-36-14-11-27(42)19-25(36)5-7-30-31-9-10-34(37(31,2)15-12-32(30)36)45-23-35(43)39-16-13-28-24(21-41)22-44-33-20-26(6-8-29(28)33)38-17-18-40(3)4/h6,8,20-21,25,27,30-32,34,38,42H,5,7,9-19,22-23H2,1-4H3,(H,39,43)/t25-,27+,30-,31-,32-,34-,36-,37-/m0/s1. The third-order valence-corrected chi connectivity index (χ3v) is 12.8. The SMILES string of the molecule is CN(C)CCNc1ccc2c(c1)OCC(C=O)=C2CCNC(=O)CO[C@H]1CC[C@H]2[C@@H]3CC[C@H]4C[C@H](O)CC[C@]4(C)[C@H]3CC[C@]12C. The molecule has 4 aliphatic carbocycles. The number of carbonyl (C=O) groups is 2. The third kappa shape index (κ3) is 6.44. The fourth-order valence-corrected chi connectivity index (χ4v) is 10.3. The van der Waals surface area contributed by atoms with E-state index in [9.17, 15) is 14.7 Å². The van der Waals surface area contributed by atoms with Crippen LogP contribution in [0.5, 0.6) is 5.75 Å². The first-order chi connectivity index (χ1) is 21.6. The van der Waals surface area contributed by atoms with Crippen molar-refractivity contribution in [2.45, 2.75) is 90.3 Å². The van der Waals surface area contributed by atoms with E-state index in [4.69, 9.17) is 9.47 Å². The normalized spacial score (nSPS) is 35.5. The number of aliphatic hydroxyl groups is 1. The fourth-order valence-electron chi connectivity index (χ4n) is 10.3. The minimum Gasteiger partial charge on any atom is -0.488 e. The zero-order valence-corrected chi connectivity index (χ0v) is 27.9. The lowest BCUT2D eigenvalue weighted by molar-refractivity contribution is -0.147. The van der Waals surface area contributed by atoms with E-state index in [1.165, 1.54) is 38.5 Å². The van der Waals surface area contributed by atoms with Gasteiger partial charge in [-0.05, 0) is 131 Å². The highest BCUT2D eigenvalue weighted by Gasteiger charge is 2.60. The number of likely N-dealkylation sites (N-methyl/N-ethyl adjacent to an activating group) is 1. The number of aliphatic hydroxyl groups excluding tert-OH is 1. The number of fused-ring (bicyclic) bond motifs is 6. The summed E-state index contributed by atoms with van der Waals surface area (Å²) in [5.74, 6) is 3.52. The molecule has 1 amide bonds. The van der Waals surface area contributed by atoms with Crippen molar-refractivity contribution in [1.82, 2.24) is 10.2 Å². The summed E-state index contributed by atoms with van der Waals surface area (Å²) in [6, 6.07) is 6.02. The first-order valence-corrected chi connectivity index (χ1v) is 17.5. The van der Waals surface area contributed by atoms with Gasteiger partial charge in [0.1, 0.15) is 25.2 Å². The molecule has 6 rings (SSSR count). The summed E-state index contributed by atoms with van der Waals surface area (Å²) in [5.41, 5.74) is 3.98. The number of nitrogens with zero attached hydrogens (tertiary/aromatic N) is 1. The Balaban J connectivity index is 1.00. The average Bonchev–Trinajstić information content (AvgIpc) is 3.36. The summed E-state index contributed by atoms with van der Waals surface area (Å²) in [6.07, 6.45) is 11.8. The van der Waals surface area contributed by atoms with Crippen LogP contribution >= 0.6 is 0 Å². The van der Waals surface area contributed by atoms with Gasteiger partial charge in [0, 0.05) is 42.5 Å². The quantitative estimate of drug-likeness (QED) is 0.289. The molecule has 0 radical (unpaired) electrons. The van der Waals surface area contributed by atoms with Gasteiger partial charge in [0.2, 0.25) is 5.91 Å². The highest BCUT2D eigenvalue weighted by molar-refractivity contribution is 5.91. The molecule has 248 valence electrons. The number of amides is 1. The van der Waals surface area contributed by atoms with Crippen molar-refractivity contribution in [3.63, 3.8) is 0 Å². The first kappa shape index (κ1) is 32.5. The summed E-state index contributed by atoms with van der Waals surface area (Å²) >= 11 is 0. The van der Waals surface area contributed by atoms with Crippen molar-refractivity contribution >= 4 is 23.5 Å². The van der Waals surface area contributed by atoms with E-state index in [1.54, 1.807) is 0 Å². The molecule has 3 N–H and O–H groups in total. The molecule has 8 heteroatoms. The minimum absolute atomic E-state index is 0.0833. The van der Waals surface area contributed by atoms with Gasteiger partial charge >= 0.3 is 0 Å². The Kier molecular flexibility index (Phi) is 9.66. The molecular formula is C37H55N3O5. The number of benzene rings is 1. The summed E-state index contributed by atoms with van der Waals surface area (Å²) in [7, 11) is 4.09. The molecule has 4 fully saturated rings. The maximum Gasteiger partial charge on any atom is 0.246 e. The second kappa shape index (κ2) is 13.4. The summed E-state index contributed by atoms with van der Waals surface area (Å²) in [6.45, 7) is 7.49. The fraction of sp³-hybridized carbons (Fsp3) is 0.730. The number of nitrogens with one attached hydrogen (secondary N) is 2. The number of hydrogen-bond donors (Lipinski definition) is 3. The van der Waals surface area contributed by atoms with Crippen molar-refractivity contribution in [3.8, 4) is 5.75 Å². The van der Waals surface area contributed by atoms with E-state index < -0.39 is 0 Å². The molecule has 45 heavy (non-hydrogen) atoms. The van der Waals surface area contributed by atoms with Gasteiger partial charge in [0.15, 0.2) is 0 Å². The van der Waals surface area contributed by atoms with E-state index in [1.807, 2.05) is 32.3 Å². The van der Waals surface area contributed by atoms with E-state index in [-0.39, 0.29) is 36.7 Å². The zero-order chi connectivity index (χ0) is 31.8. The predicted octanol–water partition coefficient (Wildman–Crippen LogP) is 5.30. The Morgan fingerprint density at radius 1 is 1.07 bits per heavy atom. The highest BCUT2D eigenvalue weighted by Crippen LogP contribution is 2.66. The van der Waals surface area contributed by atoms with Crippen molar-refractivity contribution in [2.75, 3.05) is 52.3 Å². The minimum atomic E-state index is -0.103. The monoisotopic (exact) mass is 621 g/mol. The number of rotatable bonds is 11. The van der Waals surface area contributed by atoms with Gasteiger partial charge in [-0.3, -0.25) is 9.59 Å². The third-order valence-electron chi connectivity index (χ3n) is 12.8. The largest absolute Gasteiger partial charge is 0.488 e. The summed E-state index contributed by atoms with van der Waals surface area (Å²) in [5, 5.41) is 16.8. The van der Waals surface area contributed by atoms with Crippen molar-refractivity contribution in [1.29, 1.82) is 0 Å². The van der Waals surface area contributed by atoms with Gasteiger partial charge in [-0.2, -0.15) is 0 Å². The number of anilines is 1. The van der Waals surface area contributed by atoms with Gasteiger partial charge < -0.3 is 30.1 Å². The highest BCUT2D eigenvalue weighted by atomic mass is 16.5. The second-order valence-electron chi connectivity index (χ2n) is 15.5. The molecule has 8 atom stereocenters. The van der Waals surface area contributed by atoms with Gasteiger partial charge in [-0.1, -0.05) is 13.8 Å². The smallest absolute Gasteiger partial charge is 0.246 e. The van der Waals surface area contributed by atoms with E-state index in [0.29, 0.717) is 35.8 Å². The molecule has 0 aromatic heterocycles. The maximum atomic E-state index is 13.0. The summed E-state index contributed by atoms with van der Waals surface area (Å²) < 4.78 is 12.3. The van der Waals surface area contributed by atoms with Crippen molar-refractivity contribution in [3.05, 3.63) is 29.3 Å². The zero-order valence-electron chi connectivity index (χ0n) is 27.9. The van der Waals surface area contributed by atoms with E-state index in [0.717, 1.165) is 73.0 Å². The Hall–Kier alpha value is -2.42. The summed E-state index contributed by atoms with van der Waals surface area (Å²) in [4.78, 5) is 27.0. The molecule has 4 saturated carbocycles. The number of ether oxygens (including phenoxy) is 2. The van der Waals surface area contributed by atoms with Crippen molar-refractivity contribution < 1.29 is 24.2 Å². The Labute approximate surface area is 269 Å². The molecule has 0 unspecified atom stereocenters. The van der Waals surface area contributed by atoms with Crippen LogP contribution in [0.25, 0.3) is 5.57 Å². The van der Waals surface area contributed by atoms with Gasteiger partial charge in [-0.25, -0.2) is 0 Å². The van der Waals surface area contributed by atoms with Crippen LogP contribution in [0, 0.1) is 34.5 Å². The number of carbonyl (C=O) groups excluding carboxylic acids is 2. The van der Waals surface area contributed by atoms with Crippen LogP contribution < -0.4 is 15.4 Å². The van der Waals surface area contributed by atoms with Crippen LogP contribution in [0.4, 0.5) is 5.69 Å². The number of hydrogen-bond acceptors (Lipinski definition) is 7.